The summed E-state index contributed by atoms with van der Waals surface area (Å²) in [6.07, 6.45) is 1.84. The van der Waals surface area contributed by atoms with Gasteiger partial charge in [-0.15, -0.1) is 0 Å². The Kier molecular flexibility index (Phi) is 5.52. The Morgan fingerprint density at radius 3 is 2.53 bits per heavy atom. The smallest absolute Gasteiger partial charge is 0.290 e. The van der Waals surface area contributed by atoms with Crippen molar-refractivity contribution in [3.8, 4) is 0 Å². The van der Waals surface area contributed by atoms with E-state index in [0.29, 0.717) is 6.54 Å². The zero-order chi connectivity index (χ0) is 21.3. The maximum atomic E-state index is 13.1. The molecule has 1 unspecified atom stereocenters. The average Bonchev–Trinajstić information content (AvgIpc) is 3.40. The highest BCUT2D eigenvalue weighted by Crippen LogP contribution is 2.34. The van der Waals surface area contributed by atoms with E-state index in [2.05, 4.69) is 32.0 Å². The van der Waals surface area contributed by atoms with Crippen LogP contribution >= 0.6 is 0 Å². The quantitative estimate of drug-likeness (QED) is 0.588. The van der Waals surface area contributed by atoms with Crippen LogP contribution in [0.3, 0.4) is 0 Å². The van der Waals surface area contributed by atoms with Gasteiger partial charge >= 0.3 is 0 Å². The summed E-state index contributed by atoms with van der Waals surface area (Å²) >= 11 is 0. The zero-order valence-electron chi connectivity index (χ0n) is 17.2. The summed E-state index contributed by atoms with van der Waals surface area (Å²) in [6.45, 7) is 4.81. The van der Waals surface area contributed by atoms with E-state index in [1.807, 2.05) is 4.90 Å². The minimum Gasteiger partial charge on any atom is -0.455 e. The Morgan fingerprint density at radius 2 is 1.80 bits per heavy atom. The molecule has 1 aliphatic rings. The van der Waals surface area contributed by atoms with Crippen molar-refractivity contribution in [2.24, 2.45) is 0 Å². The predicted octanol–water partition coefficient (Wildman–Crippen LogP) is 4.85. The molecule has 0 spiro atoms. The molecule has 3 aromatic rings. The Labute approximate surface area is 177 Å². The van der Waals surface area contributed by atoms with Gasteiger partial charge in [-0.1, -0.05) is 36.4 Å². The zero-order valence-corrected chi connectivity index (χ0v) is 18.0. The lowest BCUT2D eigenvalue weighted by molar-refractivity contribution is 0.0701. The minimum atomic E-state index is -3.53. The second-order valence-corrected chi connectivity index (χ2v) is 9.83. The van der Waals surface area contributed by atoms with Crippen molar-refractivity contribution < 1.29 is 17.6 Å². The van der Waals surface area contributed by atoms with Gasteiger partial charge in [-0.25, -0.2) is 8.42 Å². The van der Waals surface area contributed by atoms with Crippen LogP contribution < -0.4 is 0 Å². The number of hydrogen-bond donors (Lipinski definition) is 0. The first-order valence-corrected chi connectivity index (χ1v) is 11.7. The van der Waals surface area contributed by atoms with Crippen LogP contribution in [0, 0.1) is 13.8 Å². The average molecular weight is 424 g/mol. The first-order valence-electron chi connectivity index (χ1n) is 10.1. The van der Waals surface area contributed by atoms with Gasteiger partial charge in [0.15, 0.2) is 15.6 Å². The molecule has 1 amide bonds. The van der Waals surface area contributed by atoms with E-state index in [4.69, 9.17) is 4.42 Å². The van der Waals surface area contributed by atoms with Crippen LogP contribution in [0.4, 0.5) is 0 Å². The molecule has 2 heterocycles. The Balaban J connectivity index is 1.53. The number of carbonyl (C=O) groups is 1. The molecule has 1 fully saturated rings. The van der Waals surface area contributed by atoms with E-state index in [-0.39, 0.29) is 34.1 Å². The van der Waals surface area contributed by atoms with Crippen LogP contribution in [0.5, 0.6) is 0 Å². The van der Waals surface area contributed by atoms with Gasteiger partial charge in [-0.3, -0.25) is 4.79 Å². The molecule has 0 radical (unpaired) electrons. The van der Waals surface area contributed by atoms with Gasteiger partial charge in [0.25, 0.3) is 5.91 Å². The minimum absolute atomic E-state index is 0.0124. The van der Waals surface area contributed by atoms with Gasteiger partial charge in [0.2, 0.25) is 0 Å². The number of hydrogen-bond acceptors (Lipinski definition) is 4. The number of rotatable bonds is 5. The summed E-state index contributed by atoms with van der Waals surface area (Å²) < 4.78 is 30.8. The van der Waals surface area contributed by atoms with Crippen LogP contribution in [0.25, 0.3) is 0 Å². The normalized spacial score (nSPS) is 16.7. The molecule has 0 bridgehead atoms. The summed E-state index contributed by atoms with van der Waals surface area (Å²) in [4.78, 5) is 15.2. The molecule has 1 aliphatic heterocycles. The number of carbonyl (C=O) groups excluding carboxylic acids is 1. The lowest BCUT2D eigenvalue weighted by atomic mass is 9.99. The van der Waals surface area contributed by atoms with Crippen LogP contribution in [0.1, 0.15) is 51.9 Å². The Bertz CT molecular complexity index is 1160. The van der Waals surface area contributed by atoms with Crippen molar-refractivity contribution in [1.82, 2.24) is 4.90 Å². The van der Waals surface area contributed by atoms with Crippen molar-refractivity contribution in [3.05, 3.63) is 88.9 Å². The molecule has 0 N–H and O–H groups in total. The van der Waals surface area contributed by atoms with Crippen LogP contribution in [-0.4, -0.2) is 25.8 Å². The molecule has 0 aliphatic carbocycles. The molecule has 156 valence electrons. The fourth-order valence-electron chi connectivity index (χ4n) is 3.94. The molecule has 1 aromatic heterocycles. The highest BCUT2D eigenvalue weighted by molar-refractivity contribution is 7.90. The van der Waals surface area contributed by atoms with Gasteiger partial charge in [0, 0.05) is 6.54 Å². The molecule has 2 aromatic carbocycles. The van der Waals surface area contributed by atoms with Gasteiger partial charge in [-0.2, -0.15) is 0 Å². The van der Waals surface area contributed by atoms with Crippen molar-refractivity contribution >= 4 is 15.7 Å². The lowest BCUT2D eigenvalue weighted by Gasteiger charge is -2.24. The molecule has 5 nitrogen and oxygen atoms in total. The van der Waals surface area contributed by atoms with Crippen LogP contribution in [0.2, 0.25) is 0 Å². The summed E-state index contributed by atoms with van der Waals surface area (Å²) in [5, 5.41) is 0. The van der Waals surface area contributed by atoms with E-state index in [1.165, 1.54) is 11.1 Å². The summed E-state index contributed by atoms with van der Waals surface area (Å²) in [7, 11) is -3.53. The number of benzene rings is 2. The van der Waals surface area contributed by atoms with Gasteiger partial charge in [-0.05, 0) is 67.6 Å². The van der Waals surface area contributed by atoms with Gasteiger partial charge in [0.1, 0.15) is 11.5 Å². The largest absolute Gasteiger partial charge is 0.455 e. The van der Waals surface area contributed by atoms with Gasteiger partial charge < -0.3 is 9.32 Å². The highest BCUT2D eigenvalue weighted by atomic mass is 32.2. The van der Waals surface area contributed by atoms with Crippen molar-refractivity contribution in [2.75, 3.05) is 6.54 Å². The first kappa shape index (κ1) is 20.4. The van der Waals surface area contributed by atoms with Crippen molar-refractivity contribution in [1.29, 1.82) is 0 Å². The fraction of sp³-hybridized carbons (Fsp3) is 0.292. The van der Waals surface area contributed by atoms with Gasteiger partial charge in [0.05, 0.1) is 10.9 Å². The Morgan fingerprint density at radius 1 is 1.03 bits per heavy atom. The third-order valence-corrected chi connectivity index (χ3v) is 7.39. The number of amides is 1. The molecule has 4 rings (SSSR count). The standard InChI is InChI=1S/C24H25NO4S/c1-17-10-11-19(15-18(17)2)22-9-6-14-25(22)24(26)23-13-12-20(29-23)16-30(27,28)21-7-4-3-5-8-21/h3-5,7-8,10-13,15,22H,6,9,14,16H2,1-2H3. The topological polar surface area (TPSA) is 67.6 Å². The first-order chi connectivity index (χ1) is 14.3. The molecule has 0 saturated carbocycles. The lowest BCUT2D eigenvalue weighted by Crippen LogP contribution is -2.30. The van der Waals surface area contributed by atoms with E-state index in [1.54, 1.807) is 42.5 Å². The maximum absolute atomic E-state index is 13.1. The molecule has 1 saturated heterocycles. The Hall–Kier alpha value is -2.86. The third kappa shape index (κ3) is 4.05. The number of aryl methyl sites for hydroxylation is 2. The summed E-state index contributed by atoms with van der Waals surface area (Å²) in [5.41, 5.74) is 3.56. The second-order valence-electron chi connectivity index (χ2n) is 7.84. The summed E-state index contributed by atoms with van der Waals surface area (Å²) in [5.74, 6) is -0.0163. The predicted molar refractivity (Wildman–Crippen MR) is 115 cm³/mol. The van der Waals surface area contributed by atoms with E-state index in [9.17, 15) is 13.2 Å². The molecule has 30 heavy (non-hydrogen) atoms. The molecule has 6 heteroatoms. The third-order valence-electron chi connectivity index (χ3n) is 5.74. The van der Waals surface area contributed by atoms with Crippen LogP contribution in [0.15, 0.2) is 70.0 Å². The van der Waals surface area contributed by atoms with E-state index in [0.717, 1.165) is 18.4 Å². The molecular formula is C24H25NO4S. The fourth-order valence-corrected chi connectivity index (χ4v) is 5.21. The number of sulfone groups is 1. The monoisotopic (exact) mass is 423 g/mol. The van der Waals surface area contributed by atoms with E-state index < -0.39 is 9.84 Å². The van der Waals surface area contributed by atoms with Crippen molar-refractivity contribution in [2.45, 2.75) is 43.4 Å². The van der Waals surface area contributed by atoms with Crippen molar-refractivity contribution in [3.63, 3.8) is 0 Å². The molecular weight excluding hydrogens is 398 g/mol. The second kappa shape index (κ2) is 8.11. The number of nitrogens with zero attached hydrogens (tertiary/aromatic N) is 1. The number of likely N-dealkylation sites (tertiary alicyclic amines) is 1. The number of furan rings is 1. The van der Waals surface area contributed by atoms with E-state index >= 15 is 0 Å². The highest BCUT2D eigenvalue weighted by Gasteiger charge is 2.32. The maximum Gasteiger partial charge on any atom is 0.290 e. The SMILES string of the molecule is Cc1ccc(C2CCCN2C(=O)c2ccc(CS(=O)(=O)c3ccccc3)o2)cc1C. The van der Waals surface area contributed by atoms with Crippen LogP contribution in [-0.2, 0) is 15.6 Å². The molecule has 1 atom stereocenters. The summed E-state index contributed by atoms with van der Waals surface area (Å²) in [6, 6.07) is 17.7.